The van der Waals surface area contributed by atoms with E-state index < -0.39 is 0 Å². The lowest BCUT2D eigenvalue weighted by atomic mass is 9.93. The van der Waals surface area contributed by atoms with Crippen molar-refractivity contribution >= 4 is 0 Å². The van der Waals surface area contributed by atoms with Crippen molar-refractivity contribution in [2.75, 3.05) is 0 Å². The summed E-state index contributed by atoms with van der Waals surface area (Å²) in [6.45, 7) is 2.47. The van der Waals surface area contributed by atoms with Crippen LogP contribution in [-0.4, -0.2) is 11.6 Å². The van der Waals surface area contributed by atoms with Crippen LogP contribution in [0, 0.1) is 5.41 Å². The fraction of sp³-hybridized carbons (Fsp3) is 0.846. The molecule has 0 aliphatic heterocycles. The molecule has 14 heavy (non-hydrogen) atoms. The Morgan fingerprint density at radius 1 is 1.21 bits per heavy atom. The Morgan fingerprint density at radius 2 is 2.00 bits per heavy atom. The van der Waals surface area contributed by atoms with Crippen LogP contribution in [0.15, 0.2) is 12.2 Å². The van der Waals surface area contributed by atoms with E-state index in [1.807, 2.05) is 0 Å². The Labute approximate surface area is 87.0 Å². The van der Waals surface area contributed by atoms with E-state index in [-0.39, 0.29) is 0 Å². The number of rotatable bonds is 3. The highest BCUT2D eigenvalue weighted by molar-refractivity contribution is 5.20. The summed E-state index contributed by atoms with van der Waals surface area (Å²) in [5.41, 5.74) is 1.22. The quantitative estimate of drug-likeness (QED) is 0.676. The monoisotopic (exact) mass is 191 g/mol. The molecule has 2 fully saturated rings. The van der Waals surface area contributed by atoms with Gasteiger partial charge < -0.3 is 5.32 Å². The van der Waals surface area contributed by atoms with Gasteiger partial charge in [0.1, 0.15) is 0 Å². The van der Waals surface area contributed by atoms with E-state index in [0.717, 1.165) is 0 Å². The third-order valence-electron chi connectivity index (χ3n) is 4.62. The molecule has 0 saturated heterocycles. The van der Waals surface area contributed by atoms with Crippen molar-refractivity contribution in [1.29, 1.82) is 0 Å². The zero-order chi connectivity index (χ0) is 9.65. The average molecular weight is 191 g/mol. The van der Waals surface area contributed by atoms with E-state index in [9.17, 15) is 0 Å². The van der Waals surface area contributed by atoms with Gasteiger partial charge in [0, 0.05) is 11.6 Å². The molecule has 0 aromatic heterocycles. The Kier molecular flexibility index (Phi) is 1.82. The van der Waals surface area contributed by atoms with Crippen molar-refractivity contribution < 1.29 is 0 Å². The lowest BCUT2D eigenvalue weighted by Gasteiger charge is -2.30. The minimum absolute atomic E-state index is 0.555. The van der Waals surface area contributed by atoms with Crippen LogP contribution in [0.3, 0.4) is 0 Å². The van der Waals surface area contributed by atoms with Gasteiger partial charge in [-0.2, -0.15) is 0 Å². The van der Waals surface area contributed by atoms with Crippen LogP contribution in [0.25, 0.3) is 0 Å². The SMILES string of the molecule is CC1(C2(NC3C=CCCC3)CC2)CC1. The molecule has 1 nitrogen and oxygen atoms in total. The van der Waals surface area contributed by atoms with Gasteiger partial charge >= 0.3 is 0 Å². The normalized spacial score (nSPS) is 36.8. The Morgan fingerprint density at radius 3 is 2.50 bits per heavy atom. The van der Waals surface area contributed by atoms with E-state index in [4.69, 9.17) is 0 Å². The maximum atomic E-state index is 3.92. The van der Waals surface area contributed by atoms with Crippen LogP contribution in [0.5, 0.6) is 0 Å². The molecule has 3 rings (SSSR count). The van der Waals surface area contributed by atoms with Crippen LogP contribution in [0.4, 0.5) is 0 Å². The molecule has 0 amide bonds. The van der Waals surface area contributed by atoms with Gasteiger partial charge in [0.05, 0.1) is 0 Å². The average Bonchev–Trinajstić information content (AvgIpc) is 3.07. The molecular weight excluding hydrogens is 170 g/mol. The van der Waals surface area contributed by atoms with Crippen molar-refractivity contribution in [2.24, 2.45) is 5.41 Å². The van der Waals surface area contributed by atoms with Crippen LogP contribution in [0.2, 0.25) is 0 Å². The van der Waals surface area contributed by atoms with Crippen LogP contribution in [0.1, 0.15) is 51.9 Å². The molecule has 3 aliphatic rings. The maximum absolute atomic E-state index is 3.92. The summed E-state index contributed by atoms with van der Waals surface area (Å²) in [5, 5.41) is 3.92. The number of hydrogen-bond donors (Lipinski definition) is 1. The number of hydrogen-bond acceptors (Lipinski definition) is 1. The topological polar surface area (TPSA) is 12.0 Å². The maximum Gasteiger partial charge on any atom is 0.0255 e. The molecule has 78 valence electrons. The van der Waals surface area contributed by atoms with Gasteiger partial charge in [0.2, 0.25) is 0 Å². The molecule has 1 atom stereocenters. The Balaban J connectivity index is 1.66. The predicted molar refractivity (Wildman–Crippen MR) is 59.2 cm³/mol. The molecule has 2 saturated carbocycles. The summed E-state index contributed by atoms with van der Waals surface area (Å²) >= 11 is 0. The number of nitrogens with one attached hydrogen (secondary N) is 1. The predicted octanol–water partition coefficient (Wildman–Crippen LogP) is 3.02. The fourth-order valence-electron chi connectivity index (χ4n) is 3.00. The minimum Gasteiger partial charge on any atom is -0.304 e. The summed E-state index contributed by atoms with van der Waals surface area (Å²) < 4.78 is 0. The van der Waals surface area contributed by atoms with Crippen LogP contribution >= 0.6 is 0 Å². The second kappa shape index (κ2) is 2.85. The van der Waals surface area contributed by atoms with Gasteiger partial charge in [-0.3, -0.25) is 0 Å². The summed E-state index contributed by atoms with van der Waals surface area (Å²) in [4.78, 5) is 0. The molecule has 0 spiro atoms. The van der Waals surface area contributed by atoms with Gasteiger partial charge in [-0.25, -0.2) is 0 Å². The molecule has 0 bridgehead atoms. The first-order valence-electron chi connectivity index (χ1n) is 6.19. The van der Waals surface area contributed by atoms with Crippen molar-refractivity contribution in [1.82, 2.24) is 5.32 Å². The minimum atomic E-state index is 0.555. The van der Waals surface area contributed by atoms with Crippen molar-refractivity contribution in [3.8, 4) is 0 Å². The molecule has 3 aliphatic carbocycles. The fourth-order valence-corrected chi connectivity index (χ4v) is 3.00. The molecular formula is C13H21N. The van der Waals surface area contributed by atoms with E-state index in [2.05, 4.69) is 24.4 Å². The summed E-state index contributed by atoms with van der Waals surface area (Å²) in [6, 6.07) is 0.684. The first-order chi connectivity index (χ1) is 6.74. The Hall–Kier alpha value is -0.300. The van der Waals surface area contributed by atoms with Crippen molar-refractivity contribution in [2.45, 2.75) is 63.5 Å². The molecule has 0 aromatic carbocycles. The molecule has 1 heteroatoms. The highest BCUT2D eigenvalue weighted by Crippen LogP contribution is 2.64. The van der Waals surface area contributed by atoms with Gasteiger partial charge in [-0.05, 0) is 50.4 Å². The second-order valence-corrected chi connectivity index (χ2v) is 5.75. The van der Waals surface area contributed by atoms with E-state index >= 15 is 0 Å². The zero-order valence-electron chi connectivity index (χ0n) is 9.18. The summed E-state index contributed by atoms with van der Waals surface area (Å²) in [5.74, 6) is 0. The molecule has 0 aromatic rings. The van der Waals surface area contributed by atoms with Gasteiger partial charge in [-0.15, -0.1) is 0 Å². The van der Waals surface area contributed by atoms with Gasteiger partial charge in [0.15, 0.2) is 0 Å². The van der Waals surface area contributed by atoms with Crippen molar-refractivity contribution in [3.05, 3.63) is 12.2 Å². The molecule has 1 N–H and O–H groups in total. The van der Waals surface area contributed by atoms with Gasteiger partial charge in [0.25, 0.3) is 0 Å². The summed E-state index contributed by atoms with van der Waals surface area (Å²) in [6.07, 6.45) is 14.5. The van der Waals surface area contributed by atoms with E-state index in [1.165, 1.54) is 44.9 Å². The molecule has 0 radical (unpaired) electrons. The van der Waals surface area contributed by atoms with E-state index in [1.54, 1.807) is 0 Å². The standard InChI is InChI=1S/C13H21N/c1-12(7-8-12)13(9-10-13)14-11-5-3-2-4-6-11/h3,5,11,14H,2,4,6-10H2,1H3. The second-order valence-electron chi connectivity index (χ2n) is 5.75. The lowest BCUT2D eigenvalue weighted by molar-refractivity contribution is 0.305. The molecule has 0 heterocycles. The smallest absolute Gasteiger partial charge is 0.0255 e. The van der Waals surface area contributed by atoms with E-state index in [0.29, 0.717) is 17.0 Å². The lowest BCUT2D eigenvalue weighted by Crippen LogP contribution is -2.45. The van der Waals surface area contributed by atoms with Gasteiger partial charge in [-0.1, -0.05) is 19.1 Å². The zero-order valence-corrected chi connectivity index (χ0v) is 9.18. The molecule has 1 unspecified atom stereocenters. The third kappa shape index (κ3) is 1.33. The van der Waals surface area contributed by atoms with Crippen molar-refractivity contribution in [3.63, 3.8) is 0 Å². The number of allylic oxidation sites excluding steroid dienone is 1. The third-order valence-corrected chi connectivity index (χ3v) is 4.62. The highest BCUT2D eigenvalue weighted by atomic mass is 15.1. The first-order valence-corrected chi connectivity index (χ1v) is 6.19. The Bertz CT molecular complexity index is 258. The highest BCUT2D eigenvalue weighted by Gasteiger charge is 2.62. The first kappa shape index (κ1) is 8.96. The van der Waals surface area contributed by atoms with Crippen LogP contribution < -0.4 is 5.32 Å². The summed E-state index contributed by atoms with van der Waals surface area (Å²) in [7, 11) is 0. The van der Waals surface area contributed by atoms with Crippen LogP contribution in [-0.2, 0) is 0 Å². The largest absolute Gasteiger partial charge is 0.304 e.